The minimum atomic E-state index is -2.62. The molecule has 0 amide bonds. The molecular weight excluding hydrogens is 220 g/mol. The molecule has 0 bridgehead atoms. The summed E-state index contributed by atoms with van der Waals surface area (Å²) in [5.74, 6) is 0. The second-order valence-corrected chi connectivity index (χ2v) is 4.63. The lowest BCUT2D eigenvalue weighted by Gasteiger charge is -1.88. The minimum Gasteiger partial charge on any atom is -0.261 e. The maximum Gasteiger partial charge on any atom is 0.224 e. The van der Waals surface area contributed by atoms with Crippen LogP contribution in [0.4, 0.5) is 5.13 Å². The van der Waals surface area contributed by atoms with Gasteiger partial charge in [0.2, 0.25) is 10.9 Å². The van der Waals surface area contributed by atoms with Crippen molar-refractivity contribution in [3.63, 3.8) is 0 Å². The Balaban J connectivity index is 2.51. The average molecular weight is 228 g/mol. The van der Waals surface area contributed by atoms with Crippen LogP contribution >= 0.6 is 11.3 Å². The van der Waals surface area contributed by atoms with Crippen molar-refractivity contribution in [3.8, 4) is 0 Å². The van der Waals surface area contributed by atoms with Gasteiger partial charge in [0.25, 0.3) is 0 Å². The molecule has 1 aromatic heterocycles. The van der Waals surface area contributed by atoms with Crippen LogP contribution in [0.25, 0.3) is 10.2 Å². The van der Waals surface area contributed by atoms with E-state index in [4.69, 9.17) is 0 Å². The molecule has 0 fully saturated rings. The number of fused-ring (bicyclic) bond motifs is 1. The van der Waals surface area contributed by atoms with Gasteiger partial charge in [-0.25, -0.2) is 13.4 Å². The van der Waals surface area contributed by atoms with Crippen molar-refractivity contribution < 1.29 is 8.42 Å². The van der Waals surface area contributed by atoms with Crippen LogP contribution in [-0.4, -0.2) is 13.4 Å². The molecule has 14 heavy (non-hydrogen) atoms. The highest BCUT2D eigenvalue weighted by atomic mass is 32.2. The minimum absolute atomic E-state index is 0.418. The van der Waals surface area contributed by atoms with E-state index in [1.807, 2.05) is 25.1 Å². The third kappa shape index (κ3) is 1.85. The fraction of sp³-hybridized carbons (Fsp3) is 0.125. The molecule has 1 aromatic carbocycles. The van der Waals surface area contributed by atoms with E-state index >= 15 is 0 Å². The number of hydrogen-bond acceptors (Lipinski definition) is 4. The van der Waals surface area contributed by atoms with Crippen LogP contribution in [0.2, 0.25) is 0 Å². The largest absolute Gasteiger partial charge is 0.261 e. The molecule has 0 aliphatic rings. The number of rotatable bonds is 2. The number of nitrogens with zero attached hydrogens (tertiary/aromatic N) is 1. The average Bonchev–Trinajstić information content (AvgIpc) is 2.44. The Labute approximate surface area is 86.7 Å². The molecule has 0 atom stereocenters. The smallest absolute Gasteiger partial charge is 0.224 e. The Bertz CT molecular complexity index is 537. The van der Waals surface area contributed by atoms with E-state index in [9.17, 15) is 8.42 Å². The van der Waals surface area contributed by atoms with E-state index in [0.29, 0.717) is 5.13 Å². The third-order valence-corrected chi connectivity index (χ3v) is 3.21. The highest BCUT2D eigenvalue weighted by Gasteiger charge is 2.03. The monoisotopic (exact) mass is 228 g/mol. The lowest BCUT2D eigenvalue weighted by molar-refractivity contribution is 0.619. The summed E-state index contributed by atoms with van der Waals surface area (Å²) >= 11 is 1.33. The summed E-state index contributed by atoms with van der Waals surface area (Å²) in [6.07, 6.45) is 0. The van der Waals surface area contributed by atoms with E-state index < -0.39 is 10.9 Å². The van der Waals surface area contributed by atoms with Gasteiger partial charge >= 0.3 is 0 Å². The Morgan fingerprint density at radius 2 is 2.21 bits per heavy atom. The summed E-state index contributed by atoms with van der Waals surface area (Å²) in [5, 5.41) is 0.418. The van der Waals surface area contributed by atoms with Gasteiger partial charge in [0.05, 0.1) is 10.2 Å². The zero-order valence-electron chi connectivity index (χ0n) is 7.35. The number of anilines is 1. The molecule has 0 aliphatic heterocycles. The Morgan fingerprint density at radius 3 is 2.93 bits per heavy atom. The first-order valence-electron chi connectivity index (χ1n) is 3.93. The zero-order valence-corrected chi connectivity index (χ0v) is 9.06. The second-order valence-electron chi connectivity index (χ2n) is 2.86. The number of nitrogens with one attached hydrogen (secondary N) is 1. The quantitative estimate of drug-likeness (QED) is 0.767. The van der Waals surface area contributed by atoms with Crippen molar-refractivity contribution in [2.75, 3.05) is 4.72 Å². The van der Waals surface area contributed by atoms with Crippen molar-refractivity contribution in [3.05, 3.63) is 23.8 Å². The van der Waals surface area contributed by atoms with Gasteiger partial charge in [-0.1, -0.05) is 17.4 Å². The number of thiol groups is 1. The van der Waals surface area contributed by atoms with E-state index in [1.165, 1.54) is 11.3 Å². The molecule has 0 radical (unpaired) electrons. The van der Waals surface area contributed by atoms with Gasteiger partial charge in [-0.3, -0.25) is 4.72 Å². The van der Waals surface area contributed by atoms with Crippen LogP contribution in [0.1, 0.15) is 5.56 Å². The molecule has 2 aromatic rings. The summed E-state index contributed by atoms with van der Waals surface area (Å²) in [7, 11) is -2.62. The molecular formula is C8H8N2O2S2. The standard InChI is InChI=1S/C8H8N2O2S2/c1-5-2-3-6-7(4-5)13-8(9-6)10-14(11)12/h2-4,14H,1H3,(H,9,10,11,12). The van der Waals surface area contributed by atoms with Gasteiger partial charge in [-0.05, 0) is 24.6 Å². The van der Waals surface area contributed by atoms with Crippen LogP contribution in [0, 0.1) is 6.92 Å². The SMILES string of the molecule is Cc1ccc2nc(N[SH](=O)=O)sc2c1. The molecule has 1 heterocycles. The normalized spacial score (nSPS) is 11.0. The highest BCUT2D eigenvalue weighted by molar-refractivity contribution is 7.74. The second kappa shape index (κ2) is 3.55. The maximum absolute atomic E-state index is 10.4. The number of aromatic nitrogens is 1. The first kappa shape index (κ1) is 9.42. The van der Waals surface area contributed by atoms with Crippen molar-refractivity contribution in [1.29, 1.82) is 0 Å². The number of hydrogen-bond donors (Lipinski definition) is 2. The lowest BCUT2D eigenvalue weighted by Crippen LogP contribution is -1.92. The summed E-state index contributed by atoms with van der Waals surface area (Å²) < 4.78 is 24.1. The summed E-state index contributed by atoms with van der Waals surface area (Å²) in [6, 6.07) is 5.81. The molecule has 0 unspecified atom stereocenters. The number of aryl methyl sites for hydroxylation is 1. The van der Waals surface area contributed by atoms with E-state index in [0.717, 1.165) is 15.8 Å². The topological polar surface area (TPSA) is 59.1 Å². The van der Waals surface area contributed by atoms with Crippen molar-refractivity contribution in [1.82, 2.24) is 4.98 Å². The highest BCUT2D eigenvalue weighted by Crippen LogP contribution is 2.26. The van der Waals surface area contributed by atoms with Gasteiger partial charge in [0, 0.05) is 0 Å². The van der Waals surface area contributed by atoms with Crippen LogP contribution in [0.3, 0.4) is 0 Å². The van der Waals surface area contributed by atoms with E-state index in [1.54, 1.807) is 0 Å². The van der Waals surface area contributed by atoms with Gasteiger partial charge < -0.3 is 0 Å². The van der Waals surface area contributed by atoms with Gasteiger partial charge in [-0.15, -0.1) is 0 Å². The third-order valence-electron chi connectivity index (χ3n) is 1.73. The molecule has 1 N–H and O–H groups in total. The number of thiazole rings is 1. The van der Waals surface area contributed by atoms with Gasteiger partial charge in [0.1, 0.15) is 0 Å². The van der Waals surface area contributed by atoms with Crippen molar-refractivity contribution >= 4 is 37.6 Å². The first-order chi connectivity index (χ1) is 6.65. The summed E-state index contributed by atoms with van der Waals surface area (Å²) in [4.78, 5) is 4.12. The van der Waals surface area contributed by atoms with Crippen molar-refractivity contribution in [2.24, 2.45) is 0 Å². The van der Waals surface area contributed by atoms with Gasteiger partial charge in [-0.2, -0.15) is 0 Å². The Morgan fingerprint density at radius 1 is 1.43 bits per heavy atom. The van der Waals surface area contributed by atoms with E-state index in [-0.39, 0.29) is 0 Å². The van der Waals surface area contributed by atoms with E-state index in [2.05, 4.69) is 9.71 Å². The fourth-order valence-electron chi connectivity index (χ4n) is 1.16. The van der Waals surface area contributed by atoms with Crippen LogP contribution < -0.4 is 4.72 Å². The van der Waals surface area contributed by atoms with Crippen LogP contribution in [0.15, 0.2) is 18.2 Å². The predicted octanol–water partition coefficient (Wildman–Crippen LogP) is 1.54. The molecule has 6 heteroatoms. The lowest BCUT2D eigenvalue weighted by atomic mass is 10.2. The fourth-order valence-corrected chi connectivity index (χ4v) is 2.59. The Kier molecular flexibility index (Phi) is 2.39. The zero-order chi connectivity index (χ0) is 10.1. The van der Waals surface area contributed by atoms with Crippen molar-refractivity contribution in [2.45, 2.75) is 6.92 Å². The van der Waals surface area contributed by atoms with Crippen LogP contribution in [0.5, 0.6) is 0 Å². The molecule has 0 saturated heterocycles. The Hall–Kier alpha value is -1.14. The summed E-state index contributed by atoms with van der Waals surface area (Å²) in [5.41, 5.74) is 1.96. The summed E-state index contributed by atoms with van der Waals surface area (Å²) in [6.45, 7) is 1.99. The maximum atomic E-state index is 10.4. The predicted molar refractivity (Wildman–Crippen MR) is 58.3 cm³/mol. The number of benzene rings is 1. The first-order valence-corrected chi connectivity index (χ1v) is 5.93. The molecule has 74 valence electrons. The van der Waals surface area contributed by atoms with Gasteiger partial charge in [0.15, 0.2) is 5.13 Å². The molecule has 2 rings (SSSR count). The van der Waals surface area contributed by atoms with Crippen LogP contribution in [-0.2, 0) is 10.9 Å². The molecule has 0 saturated carbocycles. The molecule has 0 spiro atoms. The molecule has 4 nitrogen and oxygen atoms in total. The molecule has 0 aliphatic carbocycles.